The van der Waals surface area contributed by atoms with Crippen molar-refractivity contribution in [1.82, 2.24) is 13.9 Å². The van der Waals surface area contributed by atoms with E-state index in [4.69, 9.17) is 0 Å². The average Bonchev–Trinajstić information content (AvgIpc) is 3.15. The van der Waals surface area contributed by atoms with Crippen LogP contribution in [0.15, 0.2) is 0 Å². The van der Waals surface area contributed by atoms with Crippen molar-refractivity contribution in [3.05, 3.63) is 0 Å². The van der Waals surface area contributed by atoms with Crippen molar-refractivity contribution >= 4 is 10.2 Å². The summed E-state index contributed by atoms with van der Waals surface area (Å²) in [5, 5.41) is 3.43. The maximum Gasteiger partial charge on any atom is 0.282 e. The van der Waals surface area contributed by atoms with Gasteiger partial charge in [0.1, 0.15) is 0 Å². The third-order valence-corrected chi connectivity index (χ3v) is 6.66. The van der Waals surface area contributed by atoms with E-state index >= 15 is 0 Å². The van der Waals surface area contributed by atoms with Gasteiger partial charge in [0.05, 0.1) is 0 Å². The third kappa shape index (κ3) is 3.72. The third-order valence-electron chi connectivity index (χ3n) is 4.50. The molecule has 1 saturated heterocycles. The van der Waals surface area contributed by atoms with E-state index in [1.807, 2.05) is 6.92 Å². The van der Waals surface area contributed by atoms with Crippen LogP contribution in [-0.4, -0.2) is 55.3 Å². The van der Waals surface area contributed by atoms with Gasteiger partial charge >= 0.3 is 0 Å². The lowest BCUT2D eigenvalue weighted by Crippen LogP contribution is -2.47. The first kappa shape index (κ1) is 16.2. The molecule has 0 bridgehead atoms. The molecule has 1 aliphatic carbocycles. The predicted molar refractivity (Wildman–Crippen MR) is 81.8 cm³/mol. The molecule has 2 aliphatic rings. The zero-order chi connectivity index (χ0) is 14.8. The van der Waals surface area contributed by atoms with Crippen LogP contribution in [0.1, 0.15) is 52.4 Å². The molecule has 0 spiro atoms. The van der Waals surface area contributed by atoms with Crippen molar-refractivity contribution < 1.29 is 8.42 Å². The second-order valence-electron chi connectivity index (χ2n) is 6.23. The SMILES string of the molecule is CCC1CCC(C)N1S(=O)(=O)N(C)CCCNC1CC1. The molecule has 0 aromatic rings. The first-order valence-electron chi connectivity index (χ1n) is 7.95. The molecule has 0 aromatic carbocycles. The Morgan fingerprint density at radius 2 is 1.95 bits per heavy atom. The highest BCUT2D eigenvalue weighted by Gasteiger charge is 2.40. The normalized spacial score (nSPS) is 28.4. The Hall–Kier alpha value is -0.170. The fraction of sp³-hybridized carbons (Fsp3) is 1.00. The van der Waals surface area contributed by atoms with E-state index in [2.05, 4.69) is 12.2 Å². The summed E-state index contributed by atoms with van der Waals surface area (Å²) < 4.78 is 28.6. The van der Waals surface area contributed by atoms with Gasteiger partial charge in [-0.25, -0.2) is 0 Å². The van der Waals surface area contributed by atoms with Crippen LogP contribution >= 0.6 is 0 Å². The summed E-state index contributed by atoms with van der Waals surface area (Å²) in [4.78, 5) is 0. The number of rotatable bonds is 8. The zero-order valence-corrected chi connectivity index (χ0v) is 13.8. The first-order chi connectivity index (χ1) is 9.46. The summed E-state index contributed by atoms with van der Waals surface area (Å²) >= 11 is 0. The molecule has 6 heteroatoms. The van der Waals surface area contributed by atoms with Gasteiger partial charge in [-0.2, -0.15) is 17.0 Å². The molecule has 1 heterocycles. The zero-order valence-electron chi connectivity index (χ0n) is 13.0. The molecular weight excluding hydrogens is 274 g/mol. The quantitative estimate of drug-likeness (QED) is 0.693. The summed E-state index contributed by atoms with van der Waals surface area (Å²) in [6.07, 6.45) is 6.31. The summed E-state index contributed by atoms with van der Waals surface area (Å²) in [5.41, 5.74) is 0. The highest BCUT2D eigenvalue weighted by Crippen LogP contribution is 2.30. The topological polar surface area (TPSA) is 52.7 Å². The Bertz CT molecular complexity index is 409. The summed E-state index contributed by atoms with van der Waals surface area (Å²) in [6.45, 7) is 5.61. The van der Waals surface area contributed by atoms with Crippen molar-refractivity contribution in [2.75, 3.05) is 20.1 Å². The Balaban J connectivity index is 1.86. The molecule has 2 atom stereocenters. The van der Waals surface area contributed by atoms with Gasteiger partial charge in [0.15, 0.2) is 0 Å². The van der Waals surface area contributed by atoms with E-state index in [1.165, 1.54) is 17.1 Å². The van der Waals surface area contributed by atoms with E-state index in [9.17, 15) is 8.42 Å². The lowest BCUT2D eigenvalue weighted by molar-refractivity contribution is 0.297. The Kier molecular flexibility index (Phi) is 5.45. The van der Waals surface area contributed by atoms with Gasteiger partial charge in [-0.15, -0.1) is 0 Å². The number of hydrogen-bond acceptors (Lipinski definition) is 3. The molecule has 0 amide bonds. The second kappa shape index (κ2) is 6.73. The molecule has 20 heavy (non-hydrogen) atoms. The van der Waals surface area contributed by atoms with Crippen molar-refractivity contribution in [1.29, 1.82) is 0 Å². The van der Waals surface area contributed by atoms with Crippen LogP contribution in [0.5, 0.6) is 0 Å². The van der Waals surface area contributed by atoms with Crippen LogP contribution in [0.25, 0.3) is 0 Å². The van der Waals surface area contributed by atoms with Crippen molar-refractivity contribution in [2.45, 2.75) is 70.5 Å². The molecule has 2 fully saturated rings. The van der Waals surface area contributed by atoms with Crippen LogP contribution < -0.4 is 5.32 Å². The van der Waals surface area contributed by atoms with Crippen LogP contribution in [-0.2, 0) is 10.2 Å². The van der Waals surface area contributed by atoms with Gasteiger partial charge in [0, 0.05) is 31.7 Å². The monoisotopic (exact) mass is 303 g/mol. The maximum atomic E-state index is 12.7. The molecule has 2 rings (SSSR count). The maximum absolute atomic E-state index is 12.7. The smallest absolute Gasteiger partial charge is 0.282 e. The molecule has 1 N–H and O–H groups in total. The molecule has 0 aromatic heterocycles. The lowest BCUT2D eigenvalue weighted by Gasteiger charge is -2.31. The van der Waals surface area contributed by atoms with Crippen LogP contribution in [0, 0.1) is 0 Å². The van der Waals surface area contributed by atoms with Crippen LogP contribution in [0.4, 0.5) is 0 Å². The van der Waals surface area contributed by atoms with E-state index in [0.29, 0.717) is 12.6 Å². The predicted octanol–water partition coefficient (Wildman–Crippen LogP) is 1.57. The minimum Gasteiger partial charge on any atom is -0.314 e. The molecular formula is C14H29N3O2S. The van der Waals surface area contributed by atoms with Gasteiger partial charge in [-0.1, -0.05) is 6.92 Å². The molecule has 118 valence electrons. The van der Waals surface area contributed by atoms with Crippen LogP contribution in [0.2, 0.25) is 0 Å². The average molecular weight is 303 g/mol. The second-order valence-corrected chi connectivity index (χ2v) is 8.17. The minimum atomic E-state index is -3.30. The number of nitrogens with one attached hydrogen (secondary N) is 1. The first-order valence-corrected chi connectivity index (χ1v) is 9.34. The summed E-state index contributed by atoms with van der Waals surface area (Å²) in [7, 11) is -1.58. The van der Waals surface area contributed by atoms with Gasteiger partial charge in [0.25, 0.3) is 10.2 Å². The van der Waals surface area contributed by atoms with Gasteiger partial charge in [-0.05, 0) is 52.0 Å². The number of hydrogen-bond donors (Lipinski definition) is 1. The van der Waals surface area contributed by atoms with Crippen molar-refractivity contribution in [3.63, 3.8) is 0 Å². The van der Waals surface area contributed by atoms with Crippen molar-refractivity contribution in [3.8, 4) is 0 Å². The molecule has 1 aliphatic heterocycles. The van der Waals surface area contributed by atoms with E-state index in [1.54, 1.807) is 11.4 Å². The Labute approximate surface area is 123 Å². The Morgan fingerprint density at radius 1 is 1.25 bits per heavy atom. The fourth-order valence-corrected chi connectivity index (χ4v) is 4.89. The van der Waals surface area contributed by atoms with Crippen LogP contribution in [0.3, 0.4) is 0 Å². The van der Waals surface area contributed by atoms with E-state index in [0.717, 1.165) is 32.2 Å². The van der Waals surface area contributed by atoms with Crippen molar-refractivity contribution in [2.24, 2.45) is 0 Å². The Morgan fingerprint density at radius 3 is 2.55 bits per heavy atom. The lowest BCUT2D eigenvalue weighted by atomic mass is 10.2. The fourth-order valence-electron chi connectivity index (χ4n) is 3.02. The van der Waals surface area contributed by atoms with Gasteiger partial charge in [0.2, 0.25) is 0 Å². The highest BCUT2D eigenvalue weighted by atomic mass is 32.2. The largest absolute Gasteiger partial charge is 0.314 e. The van der Waals surface area contributed by atoms with Gasteiger partial charge < -0.3 is 5.32 Å². The van der Waals surface area contributed by atoms with Gasteiger partial charge in [-0.3, -0.25) is 0 Å². The van der Waals surface area contributed by atoms with E-state index < -0.39 is 10.2 Å². The van der Waals surface area contributed by atoms with E-state index in [-0.39, 0.29) is 12.1 Å². The summed E-state index contributed by atoms with van der Waals surface area (Å²) in [6, 6.07) is 1.01. The minimum absolute atomic E-state index is 0.136. The standard InChI is InChI=1S/C14H29N3O2S/c1-4-14-9-6-12(2)17(14)20(18,19)16(3)11-5-10-15-13-7-8-13/h12-15H,4-11H2,1-3H3. The molecule has 0 radical (unpaired) electrons. The number of nitrogens with zero attached hydrogens (tertiary/aromatic N) is 2. The summed E-state index contributed by atoms with van der Waals surface area (Å²) in [5.74, 6) is 0. The highest BCUT2D eigenvalue weighted by molar-refractivity contribution is 7.86. The molecule has 2 unspecified atom stereocenters. The molecule has 1 saturated carbocycles. The molecule has 5 nitrogen and oxygen atoms in total.